The summed E-state index contributed by atoms with van der Waals surface area (Å²) in [7, 11) is 0. The summed E-state index contributed by atoms with van der Waals surface area (Å²) in [6.07, 6.45) is 5.34. The van der Waals surface area contributed by atoms with Crippen LogP contribution in [0.5, 0.6) is 0 Å². The van der Waals surface area contributed by atoms with Gasteiger partial charge < -0.3 is 15.6 Å². The lowest BCUT2D eigenvalue weighted by molar-refractivity contribution is 0.0914. The molecule has 0 aliphatic heterocycles. The topological polar surface area (TPSA) is 105 Å². The van der Waals surface area contributed by atoms with Crippen LogP contribution in [0.25, 0.3) is 0 Å². The first-order valence-electron chi connectivity index (χ1n) is 9.96. The number of rotatable bonds is 6. The Hall–Kier alpha value is -4.03. The van der Waals surface area contributed by atoms with Crippen LogP contribution >= 0.6 is 0 Å². The van der Waals surface area contributed by atoms with Gasteiger partial charge in [0.25, 0.3) is 5.91 Å². The number of nitriles is 1. The Morgan fingerprint density at radius 3 is 2.23 bits per heavy atom. The third-order valence-corrected chi connectivity index (χ3v) is 4.05. The molecule has 0 aliphatic rings. The molecule has 3 rings (SSSR count). The van der Waals surface area contributed by atoms with Crippen LogP contribution in [-0.2, 0) is 19.4 Å². The number of hydrogen-bond acceptors (Lipinski definition) is 5. The van der Waals surface area contributed by atoms with Crippen molar-refractivity contribution in [2.45, 2.75) is 40.2 Å². The van der Waals surface area contributed by atoms with Crippen molar-refractivity contribution in [3.63, 3.8) is 0 Å². The van der Waals surface area contributed by atoms with Crippen LogP contribution in [0.15, 0.2) is 59.1 Å². The van der Waals surface area contributed by atoms with Crippen molar-refractivity contribution in [3.8, 4) is 18.5 Å². The average Bonchev–Trinajstić information content (AvgIpc) is 3.25. The van der Waals surface area contributed by atoms with E-state index in [1.165, 1.54) is 5.56 Å². The van der Waals surface area contributed by atoms with E-state index in [0.717, 1.165) is 16.7 Å². The molecular weight excluding hydrogens is 388 g/mol. The Kier molecular flexibility index (Phi) is 11.3. The third kappa shape index (κ3) is 8.89. The highest BCUT2D eigenvalue weighted by Crippen LogP contribution is 2.12. The minimum atomic E-state index is -0.284. The summed E-state index contributed by atoms with van der Waals surface area (Å²) < 4.78 is 5.16. The zero-order valence-corrected chi connectivity index (χ0v) is 18.2. The molecule has 1 aromatic heterocycles. The quantitative estimate of drug-likeness (QED) is 0.464. The molecule has 0 atom stereocenters. The molecule has 0 spiro atoms. The summed E-state index contributed by atoms with van der Waals surface area (Å²) in [6, 6.07) is 21.3. The molecule has 0 saturated carbocycles. The monoisotopic (exact) mass is 416 g/mol. The Bertz CT molecular complexity index is 1010. The van der Waals surface area contributed by atoms with E-state index in [-0.39, 0.29) is 11.7 Å². The van der Waals surface area contributed by atoms with Crippen LogP contribution in [0, 0.1) is 30.7 Å². The first-order chi connectivity index (χ1) is 15.0. The molecule has 1 amide bonds. The summed E-state index contributed by atoms with van der Waals surface area (Å²) in [5, 5.41) is 15.5. The van der Waals surface area contributed by atoms with E-state index in [4.69, 9.17) is 9.78 Å². The number of aromatic nitrogens is 1. The van der Waals surface area contributed by atoms with Crippen molar-refractivity contribution >= 4 is 5.91 Å². The van der Waals surface area contributed by atoms with E-state index in [2.05, 4.69) is 28.7 Å². The summed E-state index contributed by atoms with van der Waals surface area (Å²) in [5.41, 5.74) is 9.31. The first kappa shape index (κ1) is 25.0. The van der Waals surface area contributed by atoms with Crippen LogP contribution in [-0.4, -0.2) is 11.1 Å². The molecule has 0 fully saturated rings. The highest BCUT2D eigenvalue weighted by Gasteiger charge is 2.13. The molecule has 31 heavy (non-hydrogen) atoms. The zero-order chi connectivity index (χ0) is 23.1. The second-order valence-corrected chi connectivity index (χ2v) is 6.35. The van der Waals surface area contributed by atoms with Crippen molar-refractivity contribution in [2.24, 2.45) is 5.73 Å². The van der Waals surface area contributed by atoms with Gasteiger partial charge in [-0.05, 0) is 29.7 Å². The summed E-state index contributed by atoms with van der Waals surface area (Å²) >= 11 is 0. The van der Waals surface area contributed by atoms with Gasteiger partial charge in [-0.3, -0.25) is 4.79 Å². The lowest BCUT2D eigenvalue weighted by Gasteiger charge is -2.03. The molecule has 160 valence electrons. The van der Waals surface area contributed by atoms with E-state index in [1.807, 2.05) is 69.3 Å². The maximum atomic E-state index is 12.2. The molecule has 6 heteroatoms. The minimum Gasteiger partial charge on any atom is -0.360 e. The second kappa shape index (κ2) is 14.0. The van der Waals surface area contributed by atoms with E-state index in [1.54, 1.807) is 12.1 Å². The Balaban J connectivity index is 0.000000884. The molecule has 0 bridgehead atoms. The van der Waals surface area contributed by atoms with Gasteiger partial charge in [-0.25, -0.2) is 0 Å². The van der Waals surface area contributed by atoms with Crippen molar-refractivity contribution < 1.29 is 9.32 Å². The first-order valence-corrected chi connectivity index (χ1v) is 9.96. The van der Waals surface area contributed by atoms with E-state index in [9.17, 15) is 4.79 Å². The Morgan fingerprint density at radius 2 is 1.65 bits per heavy atom. The van der Waals surface area contributed by atoms with E-state index < -0.39 is 0 Å². The number of hydrogen-bond donors (Lipinski definition) is 2. The SMILES string of the molecule is C#CN.CC.Cc1ccc(CNC(=O)c2cc(Cc3ccc(CC#N)cc3)no2)cc1. The van der Waals surface area contributed by atoms with Crippen molar-refractivity contribution in [1.82, 2.24) is 10.5 Å². The van der Waals surface area contributed by atoms with Gasteiger partial charge in [-0.1, -0.05) is 79.5 Å². The number of benzene rings is 2. The molecule has 0 saturated heterocycles. The molecule has 3 aromatic rings. The number of amides is 1. The van der Waals surface area contributed by atoms with Gasteiger partial charge >= 0.3 is 0 Å². The minimum absolute atomic E-state index is 0.202. The number of carbonyl (C=O) groups is 1. The predicted molar refractivity (Wildman–Crippen MR) is 122 cm³/mol. The molecular formula is C25H28N4O2. The highest BCUT2D eigenvalue weighted by molar-refractivity contribution is 5.91. The fourth-order valence-corrected chi connectivity index (χ4v) is 2.55. The number of nitrogens with one attached hydrogen (secondary N) is 1. The van der Waals surface area contributed by atoms with Gasteiger partial charge in [0.2, 0.25) is 5.76 Å². The number of nitrogens with two attached hydrogens (primary N) is 1. The van der Waals surface area contributed by atoms with Crippen LogP contribution in [0.3, 0.4) is 0 Å². The van der Waals surface area contributed by atoms with Gasteiger partial charge in [0.05, 0.1) is 18.2 Å². The van der Waals surface area contributed by atoms with Crippen LogP contribution in [0.2, 0.25) is 0 Å². The molecule has 0 radical (unpaired) electrons. The molecule has 6 nitrogen and oxygen atoms in total. The zero-order valence-electron chi connectivity index (χ0n) is 18.2. The normalized spacial score (nSPS) is 9.06. The van der Waals surface area contributed by atoms with Gasteiger partial charge in [0, 0.05) is 19.0 Å². The number of nitrogens with zero attached hydrogens (tertiary/aromatic N) is 2. The molecule has 0 aliphatic carbocycles. The van der Waals surface area contributed by atoms with Gasteiger partial charge in [0.15, 0.2) is 0 Å². The highest BCUT2D eigenvalue weighted by atomic mass is 16.5. The fourth-order valence-electron chi connectivity index (χ4n) is 2.55. The molecule has 1 heterocycles. The summed E-state index contributed by atoms with van der Waals surface area (Å²) in [4.78, 5) is 12.2. The van der Waals surface area contributed by atoms with Crippen molar-refractivity contribution in [3.05, 3.63) is 88.3 Å². The molecule has 3 N–H and O–H groups in total. The largest absolute Gasteiger partial charge is 0.360 e. The molecule has 0 unspecified atom stereocenters. The average molecular weight is 417 g/mol. The summed E-state index contributed by atoms with van der Waals surface area (Å²) in [5.74, 6) is -0.0816. The van der Waals surface area contributed by atoms with E-state index in [0.29, 0.717) is 25.1 Å². The van der Waals surface area contributed by atoms with Crippen LogP contribution in [0.1, 0.15) is 52.3 Å². The third-order valence-electron chi connectivity index (χ3n) is 4.05. The van der Waals surface area contributed by atoms with Gasteiger partial charge in [-0.2, -0.15) is 5.26 Å². The standard InChI is InChI=1S/C21H19N3O2.C2H3N.C2H6/c1-15-2-4-18(5-3-15)14-23-21(25)20-13-19(24-26-20)12-17-8-6-16(7-9-17)10-11-22;1-2-3;1-2/h2-9,13H,10,12,14H2,1H3,(H,23,25);1H,3H2;1-2H3. The smallest absolute Gasteiger partial charge is 0.290 e. The number of carbonyl (C=O) groups excluding carboxylic acids is 1. The van der Waals surface area contributed by atoms with Crippen molar-refractivity contribution in [2.75, 3.05) is 0 Å². The Morgan fingerprint density at radius 1 is 1.10 bits per heavy atom. The maximum Gasteiger partial charge on any atom is 0.290 e. The molecule has 2 aromatic carbocycles. The second-order valence-electron chi connectivity index (χ2n) is 6.35. The Labute approximate surface area is 184 Å². The lowest BCUT2D eigenvalue weighted by atomic mass is 10.1. The predicted octanol–water partition coefficient (Wildman–Crippen LogP) is 4.13. The van der Waals surface area contributed by atoms with Gasteiger partial charge in [0.1, 0.15) is 0 Å². The fraction of sp³-hybridized carbons (Fsp3) is 0.240. The van der Waals surface area contributed by atoms with Gasteiger partial charge in [-0.15, -0.1) is 0 Å². The van der Waals surface area contributed by atoms with Crippen LogP contribution < -0.4 is 11.1 Å². The lowest BCUT2D eigenvalue weighted by Crippen LogP contribution is -2.22. The number of aryl methyl sites for hydroxylation is 1. The number of terminal acetylenes is 1. The maximum absolute atomic E-state index is 12.2. The van der Waals surface area contributed by atoms with Crippen molar-refractivity contribution in [1.29, 1.82) is 5.26 Å². The summed E-state index contributed by atoms with van der Waals surface area (Å²) in [6.45, 7) is 6.46. The van der Waals surface area contributed by atoms with E-state index >= 15 is 0 Å². The van der Waals surface area contributed by atoms with Crippen LogP contribution in [0.4, 0.5) is 0 Å².